The highest BCUT2D eigenvalue weighted by Gasteiger charge is 2.24. The minimum atomic E-state index is -1.66. The van der Waals surface area contributed by atoms with Gasteiger partial charge in [0.15, 0.2) is 5.67 Å². The average molecular weight is 204 g/mol. The topological polar surface area (TPSA) is 20.2 Å². The fourth-order valence-electron chi connectivity index (χ4n) is 1.60. The van der Waals surface area contributed by atoms with Gasteiger partial charge in [0.05, 0.1) is 6.61 Å². The van der Waals surface area contributed by atoms with Gasteiger partial charge < -0.3 is 5.11 Å². The maximum atomic E-state index is 13.8. The molecular formula is C13H13FO. The average Bonchev–Trinajstić information content (AvgIpc) is 2.28. The third kappa shape index (κ3) is 1.85. The van der Waals surface area contributed by atoms with Gasteiger partial charge in [-0.05, 0) is 29.3 Å². The summed E-state index contributed by atoms with van der Waals surface area (Å²) in [5.74, 6) is 0. The first kappa shape index (κ1) is 10.1. The molecule has 0 unspecified atom stereocenters. The number of hydrogen-bond acceptors (Lipinski definition) is 1. The molecule has 0 aliphatic heterocycles. The molecule has 0 fully saturated rings. The molecule has 2 heteroatoms. The molecule has 0 aliphatic carbocycles. The molecule has 78 valence electrons. The van der Waals surface area contributed by atoms with Crippen molar-refractivity contribution in [1.29, 1.82) is 0 Å². The van der Waals surface area contributed by atoms with E-state index in [2.05, 4.69) is 0 Å². The van der Waals surface area contributed by atoms with Crippen molar-refractivity contribution in [2.75, 3.05) is 6.61 Å². The molecule has 0 heterocycles. The SMILES string of the molecule is C[C@](F)(CO)c1ccc2ccccc2c1. The van der Waals surface area contributed by atoms with Gasteiger partial charge in [-0.1, -0.05) is 36.4 Å². The lowest BCUT2D eigenvalue weighted by molar-refractivity contribution is 0.0869. The number of aliphatic hydroxyl groups is 1. The van der Waals surface area contributed by atoms with Crippen LogP contribution in [0.15, 0.2) is 42.5 Å². The highest BCUT2D eigenvalue weighted by Crippen LogP contribution is 2.27. The van der Waals surface area contributed by atoms with Crippen molar-refractivity contribution in [3.8, 4) is 0 Å². The molecule has 0 spiro atoms. The van der Waals surface area contributed by atoms with E-state index >= 15 is 0 Å². The van der Waals surface area contributed by atoms with Gasteiger partial charge in [0.1, 0.15) is 0 Å². The Bertz CT molecular complexity index is 477. The van der Waals surface area contributed by atoms with Crippen molar-refractivity contribution in [2.24, 2.45) is 0 Å². The Balaban J connectivity index is 2.56. The van der Waals surface area contributed by atoms with Crippen LogP contribution in [0.1, 0.15) is 12.5 Å². The quantitative estimate of drug-likeness (QED) is 0.797. The molecule has 0 aliphatic rings. The summed E-state index contributed by atoms with van der Waals surface area (Å²) in [6, 6.07) is 13.2. The molecule has 0 amide bonds. The standard InChI is InChI=1S/C13H13FO/c1-13(14,9-15)12-7-6-10-4-2-3-5-11(10)8-12/h2-8,15H,9H2,1H3/t13-/m0/s1. The first-order valence-corrected chi connectivity index (χ1v) is 4.92. The lowest BCUT2D eigenvalue weighted by atomic mass is 9.96. The highest BCUT2D eigenvalue weighted by atomic mass is 19.1. The van der Waals surface area contributed by atoms with Gasteiger partial charge in [0.2, 0.25) is 0 Å². The van der Waals surface area contributed by atoms with Gasteiger partial charge in [-0.3, -0.25) is 0 Å². The Labute approximate surface area is 88.2 Å². The molecule has 2 aromatic rings. The van der Waals surface area contributed by atoms with Gasteiger partial charge in [-0.25, -0.2) is 4.39 Å². The van der Waals surface area contributed by atoms with E-state index < -0.39 is 12.3 Å². The van der Waals surface area contributed by atoms with Crippen LogP contribution in [-0.4, -0.2) is 11.7 Å². The first-order valence-electron chi connectivity index (χ1n) is 4.92. The monoisotopic (exact) mass is 204 g/mol. The lowest BCUT2D eigenvalue weighted by Gasteiger charge is -2.18. The van der Waals surface area contributed by atoms with Crippen LogP contribution >= 0.6 is 0 Å². The third-order valence-electron chi connectivity index (χ3n) is 2.65. The van der Waals surface area contributed by atoms with Crippen molar-refractivity contribution in [3.63, 3.8) is 0 Å². The molecule has 1 N–H and O–H groups in total. The number of hydrogen-bond donors (Lipinski definition) is 1. The van der Waals surface area contributed by atoms with Crippen LogP contribution < -0.4 is 0 Å². The predicted molar refractivity (Wildman–Crippen MR) is 59.5 cm³/mol. The summed E-state index contributed by atoms with van der Waals surface area (Å²) in [6.45, 7) is 0.891. The molecule has 2 aromatic carbocycles. The fourth-order valence-corrected chi connectivity index (χ4v) is 1.60. The zero-order valence-electron chi connectivity index (χ0n) is 8.57. The van der Waals surface area contributed by atoms with Crippen LogP contribution in [0.5, 0.6) is 0 Å². The molecule has 0 saturated carbocycles. The highest BCUT2D eigenvalue weighted by molar-refractivity contribution is 5.83. The Hall–Kier alpha value is -1.41. The first-order chi connectivity index (χ1) is 7.13. The Morgan fingerprint density at radius 2 is 1.80 bits per heavy atom. The second-order valence-electron chi connectivity index (χ2n) is 3.92. The maximum absolute atomic E-state index is 13.8. The van der Waals surface area contributed by atoms with Crippen LogP contribution in [-0.2, 0) is 5.67 Å². The number of fused-ring (bicyclic) bond motifs is 1. The van der Waals surface area contributed by atoms with E-state index in [9.17, 15) is 4.39 Å². The van der Waals surface area contributed by atoms with Crippen LogP contribution in [0.4, 0.5) is 4.39 Å². The molecular weight excluding hydrogens is 191 g/mol. The Morgan fingerprint density at radius 3 is 2.47 bits per heavy atom. The molecule has 0 aromatic heterocycles. The van der Waals surface area contributed by atoms with E-state index in [-0.39, 0.29) is 0 Å². The number of benzene rings is 2. The molecule has 1 atom stereocenters. The van der Waals surface area contributed by atoms with E-state index in [1.54, 1.807) is 12.1 Å². The molecule has 0 radical (unpaired) electrons. The summed E-state index contributed by atoms with van der Waals surface area (Å²) in [5.41, 5.74) is -1.15. The van der Waals surface area contributed by atoms with E-state index in [0.717, 1.165) is 10.8 Å². The van der Waals surface area contributed by atoms with Crippen molar-refractivity contribution in [1.82, 2.24) is 0 Å². The lowest BCUT2D eigenvalue weighted by Crippen LogP contribution is -2.19. The van der Waals surface area contributed by atoms with Crippen molar-refractivity contribution >= 4 is 10.8 Å². The van der Waals surface area contributed by atoms with Crippen LogP contribution in [0, 0.1) is 0 Å². The summed E-state index contributed by atoms with van der Waals surface area (Å²) in [5, 5.41) is 11.0. The minimum absolute atomic E-state index is 0.495. The molecule has 15 heavy (non-hydrogen) atoms. The van der Waals surface area contributed by atoms with Gasteiger partial charge >= 0.3 is 0 Å². The second-order valence-corrected chi connectivity index (χ2v) is 3.92. The van der Waals surface area contributed by atoms with Crippen LogP contribution in [0.25, 0.3) is 10.8 Å². The zero-order valence-corrected chi connectivity index (χ0v) is 8.57. The summed E-state index contributed by atoms with van der Waals surface area (Å²) in [7, 11) is 0. The summed E-state index contributed by atoms with van der Waals surface area (Å²) < 4.78 is 13.8. The smallest absolute Gasteiger partial charge is 0.156 e. The van der Waals surface area contributed by atoms with E-state index in [0.29, 0.717) is 5.56 Å². The Morgan fingerprint density at radius 1 is 1.13 bits per heavy atom. The van der Waals surface area contributed by atoms with Crippen LogP contribution in [0.3, 0.4) is 0 Å². The van der Waals surface area contributed by atoms with Gasteiger partial charge in [-0.15, -0.1) is 0 Å². The molecule has 2 rings (SSSR count). The number of alkyl halides is 1. The van der Waals surface area contributed by atoms with E-state index in [1.807, 2.05) is 30.3 Å². The number of rotatable bonds is 2. The van der Waals surface area contributed by atoms with Crippen molar-refractivity contribution in [3.05, 3.63) is 48.0 Å². The van der Waals surface area contributed by atoms with Crippen molar-refractivity contribution in [2.45, 2.75) is 12.6 Å². The van der Waals surface area contributed by atoms with Gasteiger partial charge in [-0.2, -0.15) is 0 Å². The zero-order chi connectivity index (χ0) is 10.9. The normalized spacial score (nSPS) is 15.1. The fraction of sp³-hybridized carbons (Fsp3) is 0.231. The molecule has 0 bridgehead atoms. The van der Waals surface area contributed by atoms with E-state index in [4.69, 9.17) is 5.11 Å². The Kier molecular flexibility index (Phi) is 2.45. The minimum Gasteiger partial charge on any atom is -0.393 e. The number of aliphatic hydroxyl groups excluding tert-OH is 1. The van der Waals surface area contributed by atoms with Gasteiger partial charge in [0.25, 0.3) is 0 Å². The predicted octanol–water partition coefficient (Wildman–Crippen LogP) is 3.02. The van der Waals surface area contributed by atoms with Crippen LogP contribution in [0.2, 0.25) is 0 Å². The summed E-state index contributed by atoms with van der Waals surface area (Å²) in [4.78, 5) is 0. The van der Waals surface area contributed by atoms with E-state index in [1.165, 1.54) is 6.92 Å². The summed E-state index contributed by atoms with van der Waals surface area (Å²) >= 11 is 0. The molecule has 1 nitrogen and oxygen atoms in total. The largest absolute Gasteiger partial charge is 0.393 e. The second kappa shape index (κ2) is 3.63. The molecule has 0 saturated heterocycles. The van der Waals surface area contributed by atoms with Crippen molar-refractivity contribution < 1.29 is 9.50 Å². The maximum Gasteiger partial charge on any atom is 0.156 e. The van der Waals surface area contributed by atoms with Gasteiger partial charge in [0, 0.05) is 0 Å². The summed E-state index contributed by atoms with van der Waals surface area (Å²) in [6.07, 6.45) is 0. The third-order valence-corrected chi connectivity index (χ3v) is 2.65. The number of halogens is 1.